The fourth-order valence-corrected chi connectivity index (χ4v) is 3.65. The van der Waals surface area contributed by atoms with Crippen LogP contribution in [0, 0.1) is 5.82 Å². The first-order chi connectivity index (χ1) is 11.8. The Morgan fingerprint density at radius 3 is 2.36 bits per heavy atom. The van der Waals surface area contributed by atoms with Crippen LogP contribution >= 0.6 is 0 Å². The predicted octanol–water partition coefficient (Wildman–Crippen LogP) is 3.20. The lowest BCUT2D eigenvalue weighted by Gasteiger charge is -2.35. The van der Waals surface area contributed by atoms with Crippen LogP contribution in [-0.4, -0.2) is 55.0 Å². The Balaban J connectivity index is 2.07. The molecule has 1 aromatic rings. The van der Waals surface area contributed by atoms with Crippen LogP contribution in [0.5, 0.6) is 0 Å². The number of carbonyl (C=O) groups is 1. The fraction of sp³-hybridized carbons (Fsp3) is 0.650. The van der Waals surface area contributed by atoms with Gasteiger partial charge in [0.2, 0.25) is 5.91 Å². The molecule has 1 saturated heterocycles. The molecule has 1 N–H and O–H groups in total. The molecule has 0 spiro atoms. The van der Waals surface area contributed by atoms with Crippen LogP contribution in [0.4, 0.5) is 4.39 Å². The summed E-state index contributed by atoms with van der Waals surface area (Å²) in [5, 5.41) is 3.14. The number of nitrogens with one attached hydrogen (secondary N) is 1. The molecule has 1 aliphatic heterocycles. The molecule has 0 bridgehead atoms. The number of amides is 1. The van der Waals surface area contributed by atoms with Crippen LogP contribution in [0.25, 0.3) is 0 Å². The predicted molar refractivity (Wildman–Crippen MR) is 100.0 cm³/mol. The normalized spacial score (nSPS) is 18.0. The highest BCUT2D eigenvalue weighted by Gasteiger charge is 2.31. The maximum Gasteiger partial charge on any atom is 0.242 e. The lowest BCUT2D eigenvalue weighted by molar-refractivity contribution is -0.127. The van der Waals surface area contributed by atoms with E-state index in [2.05, 4.69) is 10.2 Å². The van der Waals surface area contributed by atoms with Gasteiger partial charge in [-0.25, -0.2) is 4.39 Å². The second-order valence-electron chi connectivity index (χ2n) is 7.95. The second-order valence-corrected chi connectivity index (χ2v) is 7.95. The number of rotatable bonds is 6. The molecule has 0 radical (unpaired) electrons. The van der Waals surface area contributed by atoms with E-state index in [0.29, 0.717) is 5.56 Å². The summed E-state index contributed by atoms with van der Waals surface area (Å²) in [6.45, 7) is 7.08. The minimum absolute atomic E-state index is 0.157. The largest absolute Gasteiger partial charge is 0.348 e. The Hall–Kier alpha value is -1.46. The van der Waals surface area contributed by atoms with Gasteiger partial charge < -0.3 is 10.2 Å². The molecule has 0 aromatic heterocycles. The average Bonchev–Trinajstić information content (AvgIpc) is 2.76. The highest BCUT2D eigenvalue weighted by atomic mass is 19.1. The summed E-state index contributed by atoms with van der Waals surface area (Å²) in [5.41, 5.74) is 0.0524. The van der Waals surface area contributed by atoms with Crippen molar-refractivity contribution in [2.24, 2.45) is 0 Å². The lowest BCUT2D eigenvalue weighted by Crippen LogP contribution is -2.54. The Bertz CT molecular complexity index is 566. The molecular formula is C20H32FN3O. The van der Waals surface area contributed by atoms with Gasteiger partial charge in [0.1, 0.15) is 11.9 Å². The third kappa shape index (κ3) is 5.79. The van der Waals surface area contributed by atoms with E-state index in [4.69, 9.17) is 0 Å². The zero-order chi connectivity index (χ0) is 18.4. The maximum absolute atomic E-state index is 14.2. The summed E-state index contributed by atoms with van der Waals surface area (Å²) in [4.78, 5) is 17.1. The van der Waals surface area contributed by atoms with Crippen molar-refractivity contribution in [3.63, 3.8) is 0 Å². The van der Waals surface area contributed by atoms with Gasteiger partial charge in [-0.15, -0.1) is 0 Å². The van der Waals surface area contributed by atoms with Crippen LogP contribution in [0.3, 0.4) is 0 Å². The fourth-order valence-electron chi connectivity index (χ4n) is 3.65. The number of likely N-dealkylation sites (tertiary alicyclic amines) is 1. The maximum atomic E-state index is 14.2. The van der Waals surface area contributed by atoms with Gasteiger partial charge in [0.05, 0.1) is 0 Å². The highest BCUT2D eigenvalue weighted by Crippen LogP contribution is 2.23. The Morgan fingerprint density at radius 2 is 1.80 bits per heavy atom. The van der Waals surface area contributed by atoms with Gasteiger partial charge in [0, 0.05) is 17.6 Å². The van der Waals surface area contributed by atoms with E-state index in [-0.39, 0.29) is 17.3 Å². The number of carbonyl (C=O) groups excluding carboxylic acids is 1. The van der Waals surface area contributed by atoms with E-state index >= 15 is 0 Å². The molecule has 4 nitrogen and oxygen atoms in total. The van der Waals surface area contributed by atoms with Crippen molar-refractivity contribution < 1.29 is 9.18 Å². The molecule has 140 valence electrons. The molecule has 1 atom stereocenters. The van der Waals surface area contributed by atoms with Crippen LogP contribution in [0.2, 0.25) is 0 Å². The standard InChI is InChI=1S/C20H32FN3O/c1-20(2,15-24-13-9-5-6-10-14-24)22-19(25)18(23(3)4)16-11-7-8-12-17(16)21/h7-8,11-12,18H,5-6,9-10,13-15H2,1-4H3,(H,22,25)/t18-/m0/s1. The smallest absolute Gasteiger partial charge is 0.242 e. The van der Waals surface area contributed by atoms with Crippen LogP contribution in [0.1, 0.15) is 51.1 Å². The molecule has 25 heavy (non-hydrogen) atoms. The van der Waals surface area contributed by atoms with Gasteiger partial charge in [0.25, 0.3) is 0 Å². The number of hydrogen-bond acceptors (Lipinski definition) is 3. The first kappa shape index (κ1) is 19.9. The van der Waals surface area contributed by atoms with Gasteiger partial charge in [0.15, 0.2) is 0 Å². The number of nitrogens with zero attached hydrogens (tertiary/aromatic N) is 2. The average molecular weight is 349 g/mol. The zero-order valence-corrected chi connectivity index (χ0v) is 16.0. The molecule has 2 rings (SSSR count). The van der Waals surface area contributed by atoms with E-state index in [1.54, 1.807) is 37.2 Å². The van der Waals surface area contributed by atoms with Gasteiger partial charge in [-0.05, 0) is 59.9 Å². The van der Waals surface area contributed by atoms with Crippen molar-refractivity contribution in [2.45, 2.75) is 51.1 Å². The molecule has 0 saturated carbocycles. The minimum Gasteiger partial charge on any atom is -0.348 e. The summed E-state index contributed by atoms with van der Waals surface area (Å²) >= 11 is 0. The summed E-state index contributed by atoms with van der Waals surface area (Å²) < 4.78 is 14.2. The van der Waals surface area contributed by atoms with Gasteiger partial charge >= 0.3 is 0 Å². The van der Waals surface area contributed by atoms with E-state index in [9.17, 15) is 9.18 Å². The SMILES string of the molecule is CN(C)[C@H](C(=O)NC(C)(C)CN1CCCCCC1)c1ccccc1F. The van der Waals surface area contributed by atoms with Gasteiger partial charge in [-0.3, -0.25) is 9.69 Å². The van der Waals surface area contributed by atoms with Crippen molar-refractivity contribution in [2.75, 3.05) is 33.7 Å². The Morgan fingerprint density at radius 1 is 1.20 bits per heavy atom. The Labute approximate surface area is 151 Å². The highest BCUT2D eigenvalue weighted by molar-refractivity contribution is 5.83. The zero-order valence-electron chi connectivity index (χ0n) is 16.0. The first-order valence-corrected chi connectivity index (χ1v) is 9.25. The van der Waals surface area contributed by atoms with Crippen molar-refractivity contribution in [3.05, 3.63) is 35.6 Å². The van der Waals surface area contributed by atoms with Crippen LogP contribution in [-0.2, 0) is 4.79 Å². The quantitative estimate of drug-likeness (QED) is 0.857. The van der Waals surface area contributed by atoms with Crippen molar-refractivity contribution in [1.29, 1.82) is 0 Å². The molecule has 1 amide bonds. The van der Waals surface area contributed by atoms with Crippen molar-refractivity contribution in [1.82, 2.24) is 15.1 Å². The van der Waals surface area contributed by atoms with E-state index in [1.165, 1.54) is 31.7 Å². The monoisotopic (exact) mass is 349 g/mol. The molecular weight excluding hydrogens is 317 g/mol. The van der Waals surface area contributed by atoms with E-state index < -0.39 is 6.04 Å². The van der Waals surface area contributed by atoms with Crippen molar-refractivity contribution >= 4 is 5.91 Å². The second kappa shape index (κ2) is 8.77. The third-order valence-electron chi connectivity index (χ3n) is 4.74. The molecule has 0 aliphatic carbocycles. The summed E-state index contributed by atoms with van der Waals surface area (Å²) in [7, 11) is 3.61. The Kier molecular flexibility index (Phi) is 6.96. The summed E-state index contributed by atoms with van der Waals surface area (Å²) in [6.07, 6.45) is 5.03. The molecule has 5 heteroatoms. The number of halogens is 1. The molecule has 1 fully saturated rings. The van der Waals surface area contributed by atoms with Crippen LogP contribution in [0.15, 0.2) is 24.3 Å². The molecule has 1 heterocycles. The number of likely N-dealkylation sites (N-methyl/N-ethyl adjacent to an activating group) is 1. The van der Waals surface area contributed by atoms with Crippen molar-refractivity contribution in [3.8, 4) is 0 Å². The first-order valence-electron chi connectivity index (χ1n) is 9.25. The van der Waals surface area contributed by atoms with Gasteiger partial charge in [-0.1, -0.05) is 31.0 Å². The van der Waals surface area contributed by atoms with Crippen LogP contribution < -0.4 is 5.32 Å². The van der Waals surface area contributed by atoms with E-state index in [0.717, 1.165) is 19.6 Å². The topological polar surface area (TPSA) is 35.6 Å². The summed E-state index contributed by atoms with van der Waals surface area (Å²) in [5.74, 6) is -0.503. The lowest BCUT2D eigenvalue weighted by atomic mass is 10.00. The molecule has 1 aliphatic rings. The molecule has 1 aromatic carbocycles. The van der Waals surface area contributed by atoms with E-state index in [1.807, 2.05) is 13.8 Å². The third-order valence-corrected chi connectivity index (χ3v) is 4.74. The number of benzene rings is 1. The minimum atomic E-state index is -0.635. The molecule has 0 unspecified atom stereocenters. The number of hydrogen-bond donors (Lipinski definition) is 1. The van der Waals surface area contributed by atoms with Gasteiger partial charge in [-0.2, -0.15) is 0 Å². The summed E-state index contributed by atoms with van der Waals surface area (Å²) in [6, 6.07) is 5.87.